The number of hydrogen-bond acceptors (Lipinski definition) is 4. The molecule has 1 aliphatic carbocycles. The van der Waals surface area contributed by atoms with Crippen molar-refractivity contribution in [2.45, 2.75) is 43.4 Å². The second-order valence-corrected chi connectivity index (χ2v) is 6.77. The van der Waals surface area contributed by atoms with E-state index in [1.165, 1.54) is 7.11 Å². The lowest BCUT2D eigenvalue weighted by Gasteiger charge is -2.24. The highest BCUT2D eigenvalue weighted by atomic mass is 32.2. The first kappa shape index (κ1) is 13.9. The summed E-state index contributed by atoms with van der Waals surface area (Å²) in [6.07, 6.45) is 5.05. The van der Waals surface area contributed by atoms with E-state index in [-0.39, 0.29) is 17.0 Å². The zero-order valence-corrected chi connectivity index (χ0v) is 11.1. The average Bonchev–Trinajstić information content (AvgIpc) is 2.51. The SMILES string of the molecule is CNC1CCCCCC1S(=O)(=O)CCOC. The maximum absolute atomic E-state index is 12.1. The Bertz CT molecular complexity index is 290. The van der Waals surface area contributed by atoms with Crippen molar-refractivity contribution in [1.82, 2.24) is 5.32 Å². The molecule has 0 aromatic heterocycles. The third kappa shape index (κ3) is 3.71. The van der Waals surface area contributed by atoms with Crippen molar-refractivity contribution in [3.8, 4) is 0 Å². The van der Waals surface area contributed by atoms with Gasteiger partial charge in [0.1, 0.15) is 0 Å². The number of sulfone groups is 1. The highest BCUT2D eigenvalue weighted by Crippen LogP contribution is 2.24. The average molecular weight is 249 g/mol. The monoisotopic (exact) mass is 249 g/mol. The van der Waals surface area contributed by atoms with Gasteiger partial charge in [-0.2, -0.15) is 0 Å². The Morgan fingerprint density at radius 1 is 1.25 bits per heavy atom. The molecule has 0 spiro atoms. The molecule has 4 nitrogen and oxygen atoms in total. The second kappa shape index (κ2) is 6.57. The van der Waals surface area contributed by atoms with Crippen LogP contribution in [0, 0.1) is 0 Å². The minimum absolute atomic E-state index is 0.115. The molecule has 1 N–H and O–H groups in total. The van der Waals surface area contributed by atoms with Gasteiger partial charge in [-0.25, -0.2) is 8.42 Å². The molecule has 96 valence electrons. The van der Waals surface area contributed by atoms with Crippen LogP contribution < -0.4 is 5.32 Å². The summed E-state index contributed by atoms with van der Waals surface area (Å²) in [5.41, 5.74) is 0. The topological polar surface area (TPSA) is 55.4 Å². The Morgan fingerprint density at radius 3 is 2.56 bits per heavy atom. The van der Waals surface area contributed by atoms with Gasteiger partial charge in [0.25, 0.3) is 0 Å². The molecule has 0 heterocycles. The molecule has 5 heteroatoms. The van der Waals surface area contributed by atoms with Gasteiger partial charge in [-0.15, -0.1) is 0 Å². The molecular weight excluding hydrogens is 226 g/mol. The van der Waals surface area contributed by atoms with E-state index in [0.29, 0.717) is 6.61 Å². The Hall–Kier alpha value is -0.130. The van der Waals surface area contributed by atoms with Crippen molar-refractivity contribution in [2.24, 2.45) is 0 Å². The second-order valence-electron chi connectivity index (χ2n) is 4.43. The molecule has 0 bridgehead atoms. The van der Waals surface area contributed by atoms with Gasteiger partial charge in [0.05, 0.1) is 17.6 Å². The standard InChI is InChI=1S/C11H23NO3S/c1-12-10-6-4-3-5-7-11(10)16(13,14)9-8-15-2/h10-12H,3-9H2,1-2H3. The Morgan fingerprint density at radius 2 is 1.94 bits per heavy atom. The van der Waals surface area contributed by atoms with Crippen LogP contribution in [0.3, 0.4) is 0 Å². The van der Waals surface area contributed by atoms with Crippen LogP contribution in [-0.2, 0) is 14.6 Å². The van der Waals surface area contributed by atoms with Gasteiger partial charge < -0.3 is 10.1 Å². The molecule has 16 heavy (non-hydrogen) atoms. The number of rotatable bonds is 5. The van der Waals surface area contributed by atoms with Crippen LogP contribution in [0.1, 0.15) is 32.1 Å². The maximum atomic E-state index is 12.1. The van der Waals surface area contributed by atoms with Crippen LogP contribution in [0.25, 0.3) is 0 Å². The number of hydrogen-bond donors (Lipinski definition) is 1. The summed E-state index contributed by atoms with van der Waals surface area (Å²) in [5.74, 6) is 0.145. The minimum Gasteiger partial charge on any atom is -0.384 e. The van der Waals surface area contributed by atoms with Crippen LogP contribution in [-0.4, -0.2) is 46.2 Å². The van der Waals surface area contributed by atoms with Crippen LogP contribution >= 0.6 is 0 Å². The van der Waals surface area contributed by atoms with Crippen LogP contribution in [0.2, 0.25) is 0 Å². The summed E-state index contributed by atoms with van der Waals surface area (Å²) < 4.78 is 29.2. The molecular formula is C11H23NO3S. The Labute approximate surface area is 98.7 Å². The lowest BCUT2D eigenvalue weighted by molar-refractivity contribution is 0.216. The first-order valence-corrected chi connectivity index (χ1v) is 7.71. The summed E-state index contributed by atoms with van der Waals surface area (Å²) in [5, 5.41) is 2.93. The van der Waals surface area contributed by atoms with Crippen molar-refractivity contribution in [1.29, 1.82) is 0 Å². The van der Waals surface area contributed by atoms with E-state index >= 15 is 0 Å². The summed E-state index contributed by atoms with van der Waals surface area (Å²) >= 11 is 0. The first-order valence-electron chi connectivity index (χ1n) is 5.99. The van der Waals surface area contributed by atoms with E-state index in [2.05, 4.69) is 5.32 Å². The number of nitrogens with one attached hydrogen (secondary N) is 1. The van der Waals surface area contributed by atoms with E-state index in [1.54, 1.807) is 0 Å². The fraction of sp³-hybridized carbons (Fsp3) is 1.00. The molecule has 0 aromatic rings. The normalized spacial score (nSPS) is 27.6. The summed E-state index contributed by atoms with van der Waals surface area (Å²) in [7, 11) is 0.378. The number of methoxy groups -OCH3 is 1. The molecule has 2 unspecified atom stereocenters. The Kier molecular flexibility index (Phi) is 5.72. The maximum Gasteiger partial charge on any atom is 0.156 e. The van der Waals surface area contributed by atoms with Crippen molar-refractivity contribution in [2.75, 3.05) is 26.5 Å². The highest BCUT2D eigenvalue weighted by Gasteiger charge is 2.32. The molecule has 0 aromatic carbocycles. The van der Waals surface area contributed by atoms with Crippen molar-refractivity contribution < 1.29 is 13.2 Å². The van der Waals surface area contributed by atoms with E-state index in [9.17, 15) is 8.42 Å². The fourth-order valence-corrected chi connectivity index (χ4v) is 4.38. The van der Waals surface area contributed by atoms with Gasteiger partial charge >= 0.3 is 0 Å². The molecule has 0 radical (unpaired) electrons. The van der Waals surface area contributed by atoms with E-state index in [4.69, 9.17) is 4.74 Å². The molecule has 2 atom stereocenters. The molecule has 0 amide bonds. The largest absolute Gasteiger partial charge is 0.384 e. The molecule has 1 aliphatic rings. The minimum atomic E-state index is -3.02. The molecule has 1 fully saturated rings. The van der Waals surface area contributed by atoms with E-state index < -0.39 is 9.84 Å². The summed E-state index contributed by atoms with van der Waals surface area (Å²) in [6, 6.07) is 0.115. The summed E-state index contributed by atoms with van der Waals surface area (Å²) in [6.45, 7) is 0.301. The third-order valence-electron chi connectivity index (χ3n) is 3.36. The predicted molar refractivity (Wildman–Crippen MR) is 65.4 cm³/mol. The van der Waals surface area contributed by atoms with Gasteiger partial charge in [0, 0.05) is 13.2 Å². The van der Waals surface area contributed by atoms with Gasteiger partial charge in [-0.1, -0.05) is 19.3 Å². The van der Waals surface area contributed by atoms with Gasteiger partial charge in [-0.3, -0.25) is 0 Å². The van der Waals surface area contributed by atoms with Crippen LogP contribution in [0.5, 0.6) is 0 Å². The fourth-order valence-electron chi connectivity index (χ4n) is 2.38. The summed E-state index contributed by atoms with van der Waals surface area (Å²) in [4.78, 5) is 0. The first-order chi connectivity index (χ1) is 7.61. The third-order valence-corrected chi connectivity index (χ3v) is 5.58. The zero-order chi connectivity index (χ0) is 12.0. The van der Waals surface area contributed by atoms with E-state index in [0.717, 1.165) is 32.1 Å². The predicted octanol–water partition coefficient (Wildman–Crippen LogP) is 0.968. The van der Waals surface area contributed by atoms with Crippen LogP contribution in [0.4, 0.5) is 0 Å². The van der Waals surface area contributed by atoms with Gasteiger partial charge in [0.2, 0.25) is 0 Å². The van der Waals surface area contributed by atoms with Gasteiger partial charge in [0.15, 0.2) is 9.84 Å². The van der Waals surface area contributed by atoms with Crippen molar-refractivity contribution in [3.63, 3.8) is 0 Å². The van der Waals surface area contributed by atoms with Crippen molar-refractivity contribution >= 4 is 9.84 Å². The lowest BCUT2D eigenvalue weighted by atomic mass is 10.1. The van der Waals surface area contributed by atoms with Crippen LogP contribution in [0.15, 0.2) is 0 Å². The highest BCUT2D eigenvalue weighted by molar-refractivity contribution is 7.92. The Balaban J connectivity index is 2.72. The lowest BCUT2D eigenvalue weighted by Crippen LogP contribution is -2.43. The zero-order valence-electron chi connectivity index (χ0n) is 10.2. The molecule has 1 saturated carbocycles. The van der Waals surface area contributed by atoms with Crippen molar-refractivity contribution in [3.05, 3.63) is 0 Å². The molecule has 0 saturated heterocycles. The van der Waals surface area contributed by atoms with Gasteiger partial charge in [-0.05, 0) is 19.9 Å². The molecule has 0 aliphatic heterocycles. The molecule has 1 rings (SSSR count). The quantitative estimate of drug-likeness (QED) is 0.738. The smallest absolute Gasteiger partial charge is 0.156 e. The number of ether oxygens (including phenoxy) is 1. The van der Waals surface area contributed by atoms with E-state index in [1.807, 2.05) is 7.05 Å².